The van der Waals surface area contributed by atoms with Crippen LogP contribution in [0.2, 0.25) is 5.02 Å². The highest BCUT2D eigenvalue weighted by atomic mass is 79.9. The molecule has 6 heteroatoms. The maximum Gasteiger partial charge on any atom is 0.243 e. The molecule has 0 atom stereocenters. The molecule has 2 aromatic rings. The minimum Gasteiger partial charge on any atom is -0.497 e. The zero-order valence-corrected chi connectivity index (χ0v) is 13.7. The normalized spacial score (nSPS) is 10.0. The summed E-state index contributed by atoms with van der Waals surface area (Å²) >= 11 is 9.25. The molecule has 0 saturated carbocycles. The molecular formula is C15H14BrClN2O2. The first-order chi connectivity index (χ1) is 10.1. The number of carbonyl (C=O) groups excluding carboxylic acids is 1. The number of methoxy groups -OCH3 is 1. The van der Waals surface area contributed by atoms with Crippen LogP contribution in [0, 0.1) is 0 Å². The van der Waals surface area contributed by atoms with E-state index in [0.29, 0.717) is 16.5 Å². The van der Waals surface area contributed by atoms with Crippen LogP contribution in [0.4, 0.5) is 11.4 Å². The number of halogens is 2. The summed E-state index contributed by atoms with van der Waals surface area (Å²) in [5.41, 5.74) is 1.51. The van der Waals surface area contributed by atoms with Gasteiger partial charge in [-0.25, -0.2) is 0 Å². The Morgan fingerprint density at radius 2 is 2.05 bits per heavy atom. The van der Waals surface area contributed by atoms with E-state index in [9.17, 15) is 4.79 Å². The standard InChI is InChI=1S/C15H14BrClN2O2/c1-21-12-4-2-3-11(7-12)19-15(20)9-18-10-5-6-14(17)13(16)8-10/h2-8,18H,9H2,1H3,(H,19,20). The molecule has 0 saturated heterocycles. The lowest BCUT2D eigenvalue weighted by atomic mass is 10.3. The van der Waals surface area contributed by atoms with Crippen molar-refractivity contribution in [2.45, 2.75) is 0 Å². The van der Waals surface area contributed by atoms with Crippen LogP contribution in [0.5, 0.6) is 5.75 Å². The molecule has 2 rings (SSSR count). The van der Waals surface area contributed by atoms with E-state index < -0.39 is 0 Å². The van der Waals surface area contributed by atoms with Crippen LogP contribution in [-0.2, 0) is 4.79 Å². The molecule has 0 fully saturated rings. The first-order valence-electron chi connectivity index (χ1n) is 6.21. The summed E-state index contributed by atoms with van der Waals surface area (Å²) in [5.74, 6) is 0.553. The van der Waals surface area contributed by atoms with Crippen LogP contribution < -0.4 is 15.4 Å². The van der Waals surface area contributed by atoms with Crippen molar-refractivity contribution in [3.05, 3.63) is 52.0 Å². The van der Waals surface area contributed by atoms with Crippen LogP contribution in [0.1, 0.15) is 0 Å². The molecule has 4 nitrogen and oxygen atoms in total. The van der Waals surface area contributed by atoms with Crippen molar-refractivity contribution in [1.82, 2.24) is 0 Å². The van der Waals surface area contributed by atoms with E-state index in [4.69, 9.17) is 16.3 Å². The monoisotopic (exact) mass is 368 g/mol. The van der Waals surface area contributed by atoms with Crippen molar-refractivity contribution in [2.75, 3.05) is 24.3 Å². The third-order valence-electron chi connectivity index (χ3n) is 2.73. The maximum atomic E-state index is 11.9. The zero-order chi connectivity index (χ0) is 15.2. The Morgan fingerprint density at radius 1 is 1.24 bits per heavy atom. The fourth-order valence-electron chi connectivity index (χ4n) is 1.69. The summed E-state index contributed by atoms with van der Waals surface area (Å²) in [6, 6.07) is 12.6. The van der Waals surface area contributed by atoms with Crippen molar-refractivity contribution >= 4 is 44.8 Å². The number of hydrogen-bond acceptors (Lipinski definition) is 3. The van der Waals surface area contributed by atoms with Crippen molar-refractivity contribution in [2.24, 2.45) is 0 Å². The second kappa shape index (κ2) is 7.33. The summed E-state index contributed by atoms with van der Waals surface area (Å²) in [6.07, 6.45) is 0. The van der Waals surface area contributed by atoms with Crippen molar-refractivity contribution in [3.63, 3.8) is 0 Å². The highest BCUT2D eigenvalue weighted by Gasteiger charge is 2.04. The molecular weight excluding hydrogens is 356 g/mol. The number of carbonyl (C=O) groups is 1. The van der Waals surface area contributed by atoms with Gasteiger partial charge in [0.1, 0.15) is 5.75 Å². The van der Waals surface area contributed by atoms with E-state index in [0.717, 1.165) is 10.2 Å². The van der Waals surface area contributed by atoms with Crippen molar-refractivity contribution in [3.8, 4) is 5.75 Å². The molecule has 1 amide bonds. The first kappa shape index (κ1) is 15.7. The summed E-state index contributed by atoms with van der Waals surface area (Å²) in [4.78, 5) is 11.9. The fraction of sp³-hybridized carbons (Fsp3) is 0.133. The van der Waals surface area contributed by atoms with Crippen molar-refractivity contribution in [1.29, 1.82) is 0 Å². The van der Waals surface area contributed by atoms with Gasteiger partial charge in [0.2, 0.25) is 5.91 Å². The van der Waals surface area contributed by atoms with E-state index in [1.807, 2.05) is 24.3 Å². The van der Waals surface area contributed by atoms with E-state index in [-0.39, 0.29) is 12.5 Å². The van der Waals surface area contributed by atoms with Gasteiger partial charge in [-0.15, -0.1) is 0 Å². The lowest BCUT2D eigenvalue weighted by Gasteiger charge is -2.09. The fourth-order valence-corrected chi connectivity index (χ4v) is 2.19. The highest BCUT2D eigenvalue weighted by Crippen LogP contribution is 2.25. The van der Waals surface area contributed by atoms with Gasteiger partial charge >= 0.3 is 0 Å². The molecule has 0 aliphatic carbocycles. The molecule has 0 aliphatic heterocycles. The SMILES string of the molecule is COc1cccc(NC(=O)CNc2ccc(Cl)c(Br)c2)c1. The van der Waals surface area contributed by atoms with Gasteiger partial charge in [0, 0.05) is 21.9 Å². The Hall–Kier alpha value is -1.72. The Kier molecular flexibility index (Phi) is 5.47. The second-order valence-electron chi connectivity index (χ2n) is 4.26. The summed E-state index contributed by atoms with van der Waals surface area (Å²) in [5, 5.41) is 6.45. The second-order valence-corrected chi connectivity index (χ2v) is 5.52. The van der Waals surface area contributed by atoms with Gasteiger partial charge in [-0.05, 0) is 46.3 Å². The molecule has 0 aliphatic rings. The maximum absolute atomic E-state index is 11.9. The summed E-state index contributed by atoms with van der Waals surface area (Å²) < 4.78 is 5.89. The van der Waals surface area contributed by atoms with E-state index in [1.165, 1.54) is 0 Å². The van der Waals surface area contributed by atoms with Gasteiger partial charge in [-0.3, -0.25) is 4.79 Å². The van der Waals surface area contributed by atoms with Crippen LogP contribution >= 0.6 is 27.5 Å². The molecule has 0 spiro atoms. The lowest BCUT2D eigenvalue weighted by molar-refractivity contribution is -0.114. The van der Waals surface area contributed by atoms with Gasteiger partial charge in [-0.1, -0.05) is 17.7 Å². The third kappa shape index (κ3) is 4.65. The molecule has 0 heterocycles. The predicted octanol–water partition coefficient (Wildman–Crippen LogP) is 4.16. The molecule has 0 bridgehead atoms. The number of ether oxygens (including phenoxy) is 1. The van der Waals surface area contributed by atoms with Crippen molar-refractivity contribution < 1.29 is 9.53 Å². The topological polar surface area (TPSA) is 50.4 Å². The number of amides is 1. The molecule has 2 aromatic carbocycles. The summed E-state index contributed by atoms with van der Waals surface area (Å²) in [7, 11) is 1.58. The predicted molar refractivity (Wildman–Crippen MR) is 89.3 cm³/mol. The average molecular weight is 370 g/mol. The molecule has 2 N–H and O–H groups in total. The van der Waals surface area contributed by atoms with Gasteiger partial charge in [-0.2, -0.15) is 0 Å². The van der Waals surface area contributed by atoms with Gasteiger partial charge in [0.15, 0.2) is 0 Å². The largest absolute Gasteiger partial charge is 0.497 e. The Labute approximate surface area is 136 Å². The Bertz CT molecular complexity index is 649. The Balaban J connectivity index is 1.90. The molecule has 0 aromatic heterocycles. The van der Waals surface area contributed by atoms with Gasteiger partial charge in [0.05, 0.1) is 18.7 Å². The Morgan fingerprint density at radius 3 is 2.76 bits per heavy atom. The van der Waals surface area contributed by atoms with E-state index >= 15 is 0 Å². The lowest BCUT2D eigenvalue weighted by Crippen LogP contribution is -2.21. The number of benzene rings is 2. The molecule has 0 unspecified atom stereocenters. The highest BCUT2D eigenvalue weighted by molar-refractivity contribution is 9.10. The first-order valence-corrected chi connectivity index (χ1v) is 7.38. The van der Waals surface area contributed by atoms with Crippen LogP contribution in [0.15, 0.2) is 46.9 Å². The number of hydrogen-bond donors (Lipinski definition) is 2. The average Bonchev–Trinajstić information content (AvgIpc) is 2.48. The van der Waals surface area contributed by atoms with Gasteiger partial charge < -0.3 is 15.4 Å². The summed E-state index contributed by atoms with van der Waals surface area (Å²) in [6.45, 7) is 0.158. The third-order valence-corrected chi connectivity index (χ3v) is 3.94. The minimum absolute atomic E-state index is 0.144. The van der Waals surface area contributed by atoms with Crippen LogP contribution in [0.25, 0.3) is 0 Å². The smallest absolute Gasteiger partial charge is 0.243 e. The van der Waals surface area contributed by atoms with Crippen LogP contribution in [0.3, 0.4) is 0 Å². The molecule has 110 valence electrons. The zero-order valence-electron chi connectivity index (χ0n) is 11.3. The quantitative estimate of drug-likeness (QED) is 0.832. The van der Waals surface area contributed by atoms with Crippen LogP contribution in [-0.4, -0.2) is 19.6 Å². The number of rotatable bonds is 5. The molecule has 21 heavy (non-hydrogen) atoms. The minimum atomic E-state index is -0.144. The van der Waals surface area contributed by atoms with Gasteiger partial charge in [0.25, 0.3) is 0 Å². The van der Waals surface area contributed by atoms with E-state index in [2.05, 4.69) is 26.6 Å². The molecule has 0 radical (unpaired) electrons. The number of nitrogens with one attached hydrogen (secondary N) is 2. The number of anilines is 2. The van der Waals surface area contributed by atoms with E-state index in [1.54, 1.807) is 25.3 Å².